The van der Waals surface area contributed by atoms with Crippen LogP contribution in [0.3, 0.4) is 0 Å². The number of oxazole rings is 1. The number of nitrogens with zero attached hydrogens (tertiary/aromatic N) is 2. The Kier molecular flexibility index (Phi) is 7.41. The molecule has 1 aromatic heterocycles. The number of nitrogens with two attached hydrogens (primary N) is 1. The third-order valence-corrected chi connectivity index (χ3v) is 3.43. The number of carbonyl (C=O) groups excluding carboxylic acids is 1. The van der Waals surface area contributed by atoms with Gasteiger partial charge >= 0.3 is 0 Å². The highest BCUT2D eigenvalue weighted by Gasteiger charge is 2.28. The summed E-state index contributed by atoms with van der Waals surface area (Å²) in [6, 6.07) is 0.126. The van der Waals surface area contributed by atoms with E-state index >= 15 is 0 Å². The summed E-state index contributed by atoms with van der Waals surface area (Å²) in [6.45, 7) is 5.28. The van der Waals surface area contributed by atoms with Crippen LogP contribution in [0.2, 0.25) is 0 Å². The number of hydrogen-bond acceptors (Lipinski definition) is 4. The standard InChI is InChI=1S/C12H19N3O2.2ClH/c1-8(13)10-4-3-5-15(6-10)12(16)11-9(2)14-7-17-11;;/h7-8,10H,3-6,13H2,1-2H3;2*1H. The maximum atomic E-state index is 12.2. The Bertz CT molecular complexity index is 409. The van der Waals surface area contributed by atoms with Gasteiger partial charge in [0.25, 0.3) is 5.91 Å². The lowest BCUT2D eigenvalue weighted by Gasteiger charge is -2.34. The number of rotatable bonds is 2. The van der Waals surface area contributed by atoms with Crippen molar-refractivity contribution in [3.63, 3.8) is 0 Å². The van der Waals surface area contributed by atoms with E-state index in [1.807, 2.05) is 11.8 Å². The number of piperidine rings is 1. The van der Waals surface area contributed by atoms with Gasteiger partial charge in [-0.25, -0.2) is 4.98 Å². The molecule has 1 saturated heterocycles. The lowest BCUT2D eigenvalue weighted by Crippen LogP contribution is -2.45. The average molecular weight is 310 g/mol. The molecule has 2 rings (SSSR count). The zero-order valence-electron chi connectivity index (χ0n) is 11.2. The Morgan fingerprint density at radius 3 is 2.79 bits per heavy atom. The van der Waals surface area contributed by atoms with Crippen molar-refractivity contribution in [1.29, 1.82) is 0 Å². The number of likely N-dealkylation sites (tertiary alicyclic amines) is 1. The Morgan fingerprint density at radius 1 is 1.58 bits per heavy atom. The number of aromatic nitrogens is 1. The molecule has 1 aliphatic rings. The number of hydrogen-bond donors (Lipinski definition) is 1. The third kappa shape index (κ3) is 4.09. The minimum Gasteiger partial charge on any atom is -0.438 e. The quantitative estimate of drug-likeness (QED) is 0.907. The summed E-state index contributed by atoms with van der Waals surface area (Å²) in [6.07, 6.45) is 3.41. The Morgan fingerprint density at radius 2 is 2.26 bits per heavy atom. The van der Waals surface area contributed by atoms with Gasteiger partial charge in [-0.1, -0.05) is 0 Å². The van der Waals surface area contributed by atoms with E-state index in [0.29, 0.717) is 17.4 Å². The molecular weight excluding hydrogens is 289 g/mol. The van der Waals surface area contributed by atoms with E-state index in [4.69, 9.17) is 10.2 Å². The molecule has 7 heteroatoms. The minimum atomic E-state index is -0.0645. The van der Waals surface area contributed by atoms with Crippen LogP contribution < -0.4 is 5.73 Å². The molecule has 0 bridgehead atoms. The van der Waals surface area contributed by atoms with E-state index in [0.717, 1.165) is 25.9 Å². The molecule has 0 saturated carbocycles. The number of amides is 1. The van der Waals surface area contributed by atoms with Crippen LogP contribution in [0.5, 0.6) is 0 Å². The second kappa shape index (κ2) is 7.72. The molecule has 1 amide bonds. The summed E-state index contributed by atoms with van der Waals surface area (Å²) in [5.41, 5.74) is 6.56. The molecule has 2 N–H and O–H groups in total. The summed E-state index contributed by atoms with van der Waals surface area (Å²) in [4.78, 5) is 18.0. The zero-order valence-corrected chi connectivity index (χ0v) is 12.8. The van der Waals surface area contributed by atoms with Crippen LogP contribution in [0.4, 0.5) is 0 Å². The van der Waals surface area contributed by atoms with Gasteiger partial charge in [-0.2, -0.15) is 0 Å². The van der Waals surface area contributed by atoms with Crippen LogP contribution in [0.15, 0.2) is 10.8 Å². The van der Waals surface area contributed by atoms with Crippen LogP contribution in [0, 0.1) is 12.8 Å². The van der Waals surface area contributed by atoms with Crippen LogP contribution >= 0.6 is 24.8 Å². The fourth-order valence-corrected chi connectivity index (χ4v) is 2.27. The molecule has 0 aliphatic carbocycles. The second-order valence-corrected chi connectivity index (χ2v) is 4.78. The number of carbonyl (C=O) groups is 1. The summed E-state index contributed by atoms with van der Waals surface area (Å²) in [7, 11) is 0. The molecule has 2 atom stereocenters. The Labute approximate surface area is 125 Å². The summed E-state index contributed by atoms with van der Waals surface area (Å²) in [5, 5.41) is 0. The van der Waals surface area contributed by atoms with Gasteiger partial charge in [0.2, 0.25) is 5.76 Å². The van der Waals surface area contributed by atoms with Crippen molar-refractivity contribution in [3.05, 3.63) is 17.8 Å². The maximum absolute atomic E-state index is 12.2. The first-order chi connectivity index (χ1) is 8.09. The normalized spacial score (nSPS) is 20.2. The highest BCUT2D eigenvalue weighted by atomic mass is 35.5. The lowest BCUT2D eigenvalue weighted by atomic mass is 9.92. The molecular formula is C12H21Cl2N3O2. The molecule has 2 unspecified atom stereocenters. The summed E-state index contributed by atoms with van der Waals surface area (Å²) >= 11 is 0. The maximum Gasteiger partial charge on any atom is 0.291 e. The van der Waals surface area contributed by atoms with Crippen LogP contribution in [0.1, 0.15) is 36.0 Å². The first-order valence-electron chi connectivity index (χ1n) is 6.04. The third-order valence-electron chi connectivity index (χ3n) is 3.43. The van der Waals surface area contributed by atoms with Crippen molar-refractivity contribution >= 4 is 30.7 Å². The highest BCUT2D eigenvalue weighted by molar-refractivity contribution is 5.92. The predicted octanol–water partition coefficient (Wildman–Crippen LogP) is 2.03. The number of aryl methyl sites for hydroxylation is 1. The van der Waals surface area contributed by atoms with Crippen molar-refractivity contribution in [2.24, 2.45) is 11.7 Å². The van der Waals surface area contributed by atoms with Crippen molar-refractivity contribution < 1.29 is 9.21 Å². The van der Waals surface area contributed by atoms with Crippen LogP contribution in [0.25, 0.3) is 0 Å². The molecule has 1 aromatic rings. The first-order valence-corrected chi connectivity index (χ1v) is 6.04. The van der Waals surface area contributed by atoms with Gasteiger partial charge in [-0.3, -0.25) is 4.79 Å². The van der Waals surface area contributed by atoms with E-state index < -0.39 is 0 Å². The Balaban J connectivity index is 0.00000162. The van der Waals surface area contributed by atoms with Gasteiger partial charge < -0.3 is 15.1 Å². The molecule has 5 nitrogen and oxygen atoms in total. The van der Waals surface area contributed by atoms with Crippen LogP contribution in [-0.2, 0) is 0 Å². The van der Waals surface area contributed by atoms with Crippen molar-refractivity contribution in [3.8, 4) is 0 Å². The Hall–Kier alpha value is -0.780. The smallest absolute Gasteiger partial charge is 0.291 e. The average Bonchev–Trinajstić information content (AvgIpc) is 2.74. The molecule has 0 spiro atoms. The fourth-order valence-electron chi connectivity index (χ4n) is 2.27. The lowest BCUT2D eigenvalue weighted by molar-refractivity contribution is 0.0628. The molecule has 2 heterocycles. The molecule has 0 aromatic carbocycles. The summed E-state index contributed by atoms with van der Waals surface area (Å²) in [5.74, 6) is 0.677. The van der Waals surface area contributed by atoms with Gasteiger partial charge in [0, 0.05) is 19.1 Å². The van der Waals surface area contributed by atoms with E-state index in [9.17, 15) is 4.79 Å². The molecule has 0 radical (unpaired) electrons. The molecule has 19 heavy (non-hydrogen) atoms. The minimum absolute atomic E-state index is 0. The van der Waals surface area contributed by atoms with Gasteiger partial charge in [-0.05, 0) is 32.6 Å². The fraction of sp³-hybridized carbons (Fsp3) is 0.667. The van der Waals surface area contributed by atoms with Crippen molar-refractivity contribution in [2.45, 2.75) is 32.7 Å². The highest BCUT2D eigenvalue weighted by Crippen LogP contribution is 2.21. The van der Waals surface area contributed by atoms with Crippen molar-refractivity contribution in [1.82, 2.24) is 9.88 Å². The zero-order chi connectivity index (χ0) is 12.4. The van der Waals surface area contributed by atoms with Crippen LogP contribution in [-0.4, -0.2) is 34.9 Å². The number of halogens is 2. The van der Waals surface area contributed by atoms with E-state index in [2.05, 4.69) is 4.98 Å². The largest absolute Gasteiger partial charge is 0.438 e. The van der Waals surface area contributed by atoms with E-state index in [1.165, 1.54) is 6.39 Å². The second-order valence-electron chi connectivity index (χ2n) is 4.78. The molecule has 1 fully saturated rings. The van der Waals surface area contributed by atoms with E-state index in [1.54, 1.807) is 6.92 Å². The molecule has 1 aliphatic heterocycles. The van der Waals surface area contributed by atoms with Gasteiger partial charge in [-0.15, -0.1) is 24.8 Å². The predicted molar refractivity (Wildman–Crippen MR) is 78.0 cm³/mol. The molecule has 110 valence electrons. The topological polar surface area (TPSA) is 72.4 Å². The monoisotopic (exact) mass is 309 g/mol. The SMILES string of the molecule is Cc1ncoc1C(=O)N1CCCC(C(C)N)C1.Cl.Cl. The summed E-state index contributed by atoms with van der Waals surface area (Å²) < 4.78 is 5.14. The van der Waals surface area contributed by atoms with Crippen molar-refractivity contribution in [2.75, 3.05) is 13.1 Å². The van der Waals surface area contributed by atoms with Gasteiger partial charge in [0.1, 0.15) is 0 Å². The van der Waals surface area contributed by atoms with Gasteiger partial charge in [0.15, 0.2) is 6.39 Å². The van der Waals surface area contributed by atoms with E-state index in [-0.39, 0.29) is 36.8 Å². The van der Waals surface area contributed by atoms with Gasteiger partial charge in [0.05, 0.1) is 5.69 Å². The first kappa shape index (κ1) is 18.2.